The largest absolute Gasteiger partial charge is 0.469 e. The number of allylic oxidation sites excluding steroid dienone is 3. The Bertz CT molecular complexity index is 890. The van der Waals surface area contributed by atoms with Crippen LogP contribution in [0, 0.1) is 5.92 Å². The first-order valence-electron chi connectivity index (χ1n) is 11.2. The molecule has 2 atom stereocenters. The summed E-state index contributed by atoms with van der Waals surface area (Å²) < 4.78 is 4.94. The zero-order valence-corrected chi connectivity index (χ0v) is 18.9. The van der Waals surface area contributed by atoms with E-state index in [0.29, 0.717) is 13.1 Å². The number of nitrogens with zero attached hydrogens (tertiary/aromatic N) is 2. The van der Waals surface area contributed by atoms with E-state index in [1.807, 2.05) is 37.3 Å². The van der Waals surface area contributed by atoms with Gasteiger partial charge in [0, 0.05) is 19.0 Å². The van der Waals surface area contributed by atoms with Gasteiger partial charge in [-0.25, -0.2) is 10.0 Å². The van der Waals surface area contributed by atoms with Crippen molar-refractivity contribution in [1.29, 1.82) is 0 Å². The third-order valence-electron chi connectivity index (χ3n) is 6.07. The van der Waals surface area contributed by atoms with Crippen LogP contribution in [0.1, 0.15) is 63.5 Å². The summed E-state index contributed by atoms with van der Waals surface area (Å²) in [6.07, 6.45) is 7.27. The summed E-state index contributed by atoms with van der Waals surface area (Å²) in [7, 11) is 1.39. The quantitative estimate of drug-likeness (QED) is 0.340. The minimum atomic E-state index is -0.362. The van der Waals surface area contributed by atoms with Gasteiger partial charge in [0.2, 0.25) is 0 Å². The average molecular weight is 425 g/mol. The first-order chi connectivity index (χ1) is 14.9. The van der Waals surface area contributed by atoms with Gasteiger partial charge in [-0.2, -0.15) is 0 Å². The minimum Gasteiger partial charge on any atom is -0.469 e. The van der Waals surface area contributed by atoms with Gasteiger partial charge in [0.1, 0.15) is 5.57 Å². The van der Waals surface area contributed by atoms with Crippen molar-refractivity contribution in [2.24, 2.45) is 5.92 Å². The molecule has 0 aromatic heterocycles. The van der Waals surface area contributed by atoms with Crippen LogP contribution in [0.3, 0.4) is 0 Å². The zero-order valence-electron chi connectivity index (χ0n) is 18.9. The molecule has 1 aromatic rings. The Morgan fingerprint density at radius 2 is 1.65 bits per heavy atom. The molecule has 2 unspecified atom stereocenters. The molecule has 0 saturated carbocycles. The van der Waals surface area contributed by atoms with E-state index in [-0.39, 0.29) is 35.2 Å². The maximum atomic E-state index is 13.2. The van der Waals surface area contributed by atoms with Crippen molar-refractivity contribution in [1.82, 2.24) is 10.0 Å². The van der Waals surface area contributed by atoms with Crippen LogP contribution in [0.5, 0.6) is 0 Å². The van der Waals surface area contributed by atoms with Crippen molar-refractivity contribution in [2.45, 2.75) is 52.4 Å². The van der Waals surface area contributed by atoms with Crippen LogP contribution in [-0.4, -0.2) is 48.0 Å². The maximum absolute atomic E-state index is 13.2. The number of carbonyl (C=O) groups is 3. The molecule has 0 N–H and O–H groups in total. The summed E-state index contributed by atoms with van der Waals surface area (Å²) >= 11 is 0. The molecule has 1 saturated heterocycles. The van der Waals surface area contributed by atoms with Gasteiger partial charge in [-0.15, -0.1) is 0 Å². The maximum Gasteiger partial charge on any atom is 0.309 e. The number of fused-ring (bicyclic) bond motifs is 1. The van der Waals surface area contributed by atoms with E-state index in [1.54, 1.807) is 16.1 Å². The number of rotatable bonds is 9. The van der Waals surface area contributed by atoms with Gasteiger partial charge in [0.05, 0.1) is 13.0 Å². The molecular formula is C25H32N2O4. The summed E-state index contributed by atoms with van der Waals surface area (Å²) in [5.41, 5.74) is 2.96. The standard InChI is InChI=1S/C25H32N2O4/c1-5-7-13-26-23(28)22(24(29)27(26)14-8-6-2)16-18-15-21(17(3)25(30)31-4)20-12-10-9-11-19(18)20/h9-12,15-17,21H,5-8,13-14H2,1-4H3. The minimum absolute atomic E-state index is 0.158. The molecule has 31 heavy (non-hydrogen) atoms. The number of hydrazine groups is 1. The molecule has 1 heterocycles. The Balaban J connectivity index is 1.98. The summed E-state index contributed by atoms with van der Waals surface area (Å²) in [4.78, 5) is 38.5. The Morgan fingerprint density at radius 1 is 1.06 bits per heavy atom. The highest BCUT2D eigenvalue weighted by Gasteiger charge is 2.41. The summed E-state index contributed by atoms with van der Waals surface area (Å²) in [5.74, 6) is -1.28. The number of hydrogen-bond acceptors (Lipinski definition) is 4. The number of amides is 2. The van der Waals surface area contributed by atoms with Crippen LogP contribution < -0.4 is 0 Å². The van der Waals surface area contributed by atoms with Gasteiger partial charge in [-0.05, 0) is 35.6 Å². The van der Waals surface area contributed by atoms with Gasteiger partial charge < -0.3 is 4.74 Å². The SMILES string of the molecule is CCCCN1C(=O)C(=CC2=CC(C(C)C(=O)OC)c3ccccc32)C(=O)N1CCCC. The smallest absolute Gasteiger partial charge is 0.309 e. The van der Waals surface area contributed by atoms with Gasteiger partial charge >= 0.3 is 5.97 Å². The lowest BCUT2D eigenvalue weighted by Crippen LogP contribution is -2.42. The predicted octanol–water partition coefficient (Wildman–Crippen LogP) is 4.09. The second-order valence-electron chi connectivity index (χ2n) is 8.17. The van der Waals surface area contributed by atoms with E-state index >= 15 is 0 Å². The highest BCUT2D eigenvalue weighted by molar-refractivity contribution is 6.23. The Kier molecular flexibility index (Phi) is 7.31. The normalized spacial score (nSPS) is 18.9. The summed E-state index contributed by atoms with van der Waals surface area (Å²) in [6, 6.07) is 7.82. The monoisotopic (exact) mass is 424 g/mol. The van der Waals surface area contributed by atoms with Crippen LogP contribution in [-0.2, 0) is 19.1 Å². The Labute approximate surface area is 184 Å². The van der Waals surface area contributed by atoms with Crippen LogP contribution >= 0.6 is 0 Å². The van der Waals surface area contributed by atoms with Crippen LogP contribution in [0.2, 0.25) is 0 Å². The number of hydrogen-bond donors (Lipinski definition) is 0. The lowest BCUT2D eigenvalue weighted by molar-refractivity contribution is -0.147. The third-order valence-corrected chi connectivity index (χ3v) is 6.07. The second kappa shape index (κ2) is 9.94. The van der Waals surface area contributed by atoms with Crippen molar-refractivity contribution < 1.29 is 19.1 Å². The van der Waals surface area contributed by atoms with Crippen molar-refractivity contribution in [2.75, 3.05) is 20.2 Å². The van der Waals surface area contributed by atoms with Crippen LogP contribution in [0.4, 0.5) is 0 Å². The lowest BCUT2D eigenvalue weighted by atomic mass is 9.89. The topological polar surface area (TPSA) is 66.9 Å². The van der Waals surface area contributed by atoms with Crippen molar-refractivity contribution >= 4 is 23.4 Å². The van der Waals surface area contributed by atoms with E-state index in [2.05, 4.69) is 13.8 Å². The molecule has 0 radical (unpaired) electrons. The third kappa shape index (κ3) is 4.43. The molecule has 1 aliphatic heterocycles. The molecule has 0 bridgehead atoms. The molecule has 6 nitrogen and oxygen atoms in total. The van der Waals surface area contributed by atoms with Crippen molar-refractivity contribution in [3.63, 3.8) is 0 Å². The molecule has 1 aliphatic carbocycles. The summed E-state index contributed by atoms with van der Waals surface area (Å²) in [6.45, 7) is 7.06. The molecule has 2 amide bonds. The molecule has 1 aromatic carbocycles. The fraction of sp³-hybridized carbons (Fsp3) is 0.480. The van der Waals surface area contributed by atoms with Gasteiger partial charge in [-0.1, -0.05) is 64.0 Å². The lowest BCUT2D eigenvalue weighted by Gasteiger charge is -2.27. The molecule has 6 heteroatoms. The number of ether oxygens (including phenoxy) is 1. The summed E-state index contributed by atoms with van der Waals surface area (Å²) in [5, 5.41) is 3.20. The number of benzene rings is 1. The molecule has 3 rings (SSSR count). The number of carbonyl (C=O) groups excluding carboxylic acids is 3. The van der Waals surface area contributed by atoms with Crippen molar-refractivity contribution in [3.8, 4) is 0 Å². The average Bonchev–Trinajstić information content (AvgIpc) is 3.26. The number of unbranched alkanes of at least 4 members (excludes halogenated alkanes) is 2. The highest BCUT2D eigenvalue weighted by Crippen LogP contribution is 2.42. The van der Waals surface area contributed by atoms with Crippen molar-refractivity contribution in [3.05, 3.63) is 53.1 Å². The number of esters is 1. The molecule has 0 spiro atoms. The van der Waals surface area contributed by atoms with Crippen LogP contribution in [0.15, 0.2) is 42.0 Å². The Hall–Kier alpha value is -2.89. The second-order valence-corrected chi connectivity index (χ2v) is 8.17. The molecule has 2 aliphatic rings. The van der Waals surface area contributed by atoms with E-state index in [0.717, 1.165) is 42.4 Å². The van der Waals surface area contributed by atoms with E-state index in [4.69, 9.17) is 4.74 Å². The first kappa shape index (κ1) is 22.8. The molecule has 166 valence electrons. The predicted molar refractivity (Wildman–Crippen MR) is 120 cm³/mol. The van der Waals surface area contributed by atoms with Gasteiger partial charge in [-0.3, -0.25) is 14.4 Å². The van der Waals surface area contributed by atoms with Gasteiger partial charge in [0.25, 0.3) is 11.8 Å². The van der Waals surface area contributed by atoms with E-state index in [1.165, 1.54) is 7.11 Å². The van der Waals surface area contributed by atoms with Crippen LogP contribution in [0.25, 0.3) is 5.57 Å². The number of methoxy groups -OCH3 is 1. The molecular weight excluding hydrogens is 392 g/mol. The van der Waals surface area contributed by atoms with E-state index in [9.17, 15) is 14.4 Å². The first-order valence-corrected chi connectivity index (χ1v) is 11.2. The van der Waals surface area contributed by atoms with Gasteiger partial charge in [0.15, 0.2) is 0 Å². The highest BCUT2D eigenvalue weighted by atomic mass is 16.5. The fourth-order valence-corrected chi connectivity index (χ4v) is 4.22. The Morgan fingerprint density at radius 3 is 2.19 bits per heavy atom. The fourth-order valence-electron chi connectivity index (χ4n) is 4.22. The van der Waals surface area contributed by atoms with E-state index < -0.39 is 0 Å². The molecule has 1 fully saturated rings. The zero-order chi connectivity index (χ0) is 22.5.